The van der Waals surface area contributed by atoms with Gasteiger partial charge in [-0.2, -0.15) is 0 Å². The third-order valence-corrected chi connectivity index (χ3v) is 21.6. The minimum atomic E-state index is 0.594. The van der Waals surface area contributed by atoms with Gasteiger partial charge in [0.05, 0.1) is 11.0 Å². The molecular weight excluding hydrogens is 1350 g/mol. The Labute approximate surface area is 628 Å². The van der Waals surface area contributed by atoms with Gasteiger partial charge in [-0.05, 0) is 138 Å². The lowest BCUT2D eigenvalue weighted by atomic mass is 9.97. The van der Waals surface area contributed by atoms with E-state index in [4.69, 9.17) is 43.2 Å². The fraction of sp³-hybridized carbons (Fsp3) is 0. The van der Waals surface area contributed by atoms with E-state index in [0.717, 1.165) is 181 Å². The number of hydrogen-bond donors (Lipinski definition) is 0. The Morgan fingerprint density at radius 3 is 1.03 bits per heavy atom. The molecule has 6 aromatic heterocycles. The average molecular weight is 1410 g/mol. The van der Waals surface area contributed by atoms with Crippen molar-refractivity contribution in [1.29, 1.82) is 0 Å². The SMILES string of the molecule is c1ccc(-n2c3ccccc3c3c(-c4nc(-c5ccc(-c6cccc7oc8cc9ccccc9cc8c67)cc5)nc(-c5cccc6ccccc56)n4)cccc32)cc1.c1ccc2cc3c(cc2c1)oc1cccc(-c2ccc(-c4nc(-c5cccc6ccccc56)nc(-c5cccc6oc7ccccc7c56)n4)cc2)c13. The van der Waals surface area contributed by atoms with Gasteiger partial charge in [-0.3, -0.25) is 0 Å². The predicted molar refractivity (Wildman–Crippen MR) is 449 cm³/mol. The van der Waals surface area contributed by atoms with Gasteiger partial charge in [0.15, 0.2) is 34.9 Å². The molecule has 0 aliphatic carbocycles. The Hall–Kier alpha value is -15.0. The van der Waals surface area contributed by atoms with Gasteiger partial charge >= 0.3 is 0 Å². The Balaban J connectivity index is 0.000000136. The fourth-order valence-electron chi connectivity index (χ4n) is 16.5. The van der Waals surface area contributed by atoms with Gasteiger partial charge in [0.25, 0.3) is 0 Å². The highest BCUT2D eigenvalue weighted by Gasteiger charge is 2.24. The summed E-state index contributed by atoms with van der Waals surface area (Å²) >= 11 is 0. The first-order chi connectivity index (χ1) is 54.5. The molecule has 0 aliphatic rings. The molecule has 0 saturated heterocycles. The topological polar surface area (TPSA) is 122 Å². The molecule has 23 aromatic rings. The number of aromatic nitrogens is 7. The van der Waals surface area contributed by atoms with Crippen molar-refractivity contribution in [3.05, 3.63) is 358 Å². The smallest absolute Gasteiger partial charge is 0.164 e. The van der Waals surface area contributed by atoms with Crippen LogP contribution in [0.25, 0.3) is 227 Å². The third kappa shape index (κ3) is 10.4. The van der Waals surface area contributed by atoms with Crippen LogP contribution < -0.4 is 0 Å². The molecule has 0 fully saturated rings. The first kappa shape index (κ1) is 62.4. The summed E-state index contributed by atoms with van der Waals surface area (Å²) in [5, 5.41) is 17.8. The second-order valence-corrected chi connectivity index (χ2v) is 27.9. The summed E-state index contributed by atoms with van der Waals surface area (Å²) in [4.78, 5) is 31.2. The standard InChI is InChI=1S/C53H32N4O.C47H27N3O2/c1-2-17-38(18-3-1)57-45-24-9-8-20-42(45)49-43(23-11-25-46(49)57)53-55-51(54-52(56-53)41-22-10-16-33-13-6-7-19-39(33)41)35-29-27-34(28-30-35)40-21-12-26-47-50(40)44-31-36-14-4-5-15-37(36)32-48(44)58-47;1-2-12-32-27-42-38(26-31(32)11-1)43-34(16-8-20-40(43)52-42)29-22-24-30(25-23-29)45-48-46(35-17-7-13-28-10-3-4-14-33(28)35)50-47(49-45)37-18-9-21-41-44(37)36-15-5-6-19-39(36)51-41/h1-32H;1-27H. The summed E-state index contributed by atoms with van der Waals surface area (Å²) in [5.74, 6) is 3.68. The maximum Gasteiger partial charge on any atom is 0.164 e. The van der Waals surface area contributed by atoms with E-state index in [9.17, 15) is 0 Å². The summed E-state index contributed by atoms with van der Waals surface area (Å²) in [5.41, 5.74) is 18.5. The number of rotatable bonds is 9. The summed E-state index contributed by atoms with van der Waals surface area (Å²) in [6.45, 7) is 0. The lowest BCUT2D eigenvalue weighted by Crippen LogP contribution is -2.01. The molecule has 0 unspecified atom stereocenters. The van der Waals surface area contributed by atoms with Crippen molar-refractivity contribution in [2.45, 2.75) is 0 Å². The molecule has 0 spiro atoms. The molecule has 6 heterocycles. The van der Waals surface area contributed by atoms with Gasteiger partial charge in [-0.15, -0.1) is 0 Å². The molecule has 0 atom stereocenters. The summed E-state index contributed by atoms with van der Waals surface area (Å²) < 4.78 is 21.4. The largest absolute Gasteiger partial charge is 0.456 e. The van der Waals surface area contributed by atoms with E-state index in [1.165, 1.54) is 10.8 Å². The molecule has 0 radical (unpaired) electrons. The molecule has 0 aliphatic heterocycles. The maximum absolute atomic E-state index is 6.41. The predicted octanol–water partition coefficient (Wildman–Crippen LogP) is 26.5. The number of hydrogen-bond acceptors (Lipinski definition) is 9. The van der Waals surface area contributed by atoms with Crippen LogP contribution in [-0.2, 0) is 0 Å². The van der Waals surface area contributed by atoms with Crippen molar-refractivity contribution in [3.63, 3.8) is 0 Å². The van der Waals surface area contributed by atoms with Crippen molar-refractivity contribution in [2.24, 2.45) is 0 Å². The number of para-hydroxylation sites is 3. The van der Waals surface area contributed by atoms with Crippen molar-refractivity contribution in [2.75, 3.05) is 0 Å². The maximum atomic E-state index is 6.41. The van der Waals surface area contributed by atoms with Gasteiger partial charge in [0, 0.05) is 82.2 Å². The Morgan fingerprint density at radius 2 is 0.509 bits per heavy atom. The molecule has 23 rings (SSSR count). The molecule has 0 bridgehead atoms. The highest BCUT2D eigenvalue weighted by Crippen LogP contribution is 2.45. The second-order valence-electron chi connectivity index (χ2n) is 27.9. The fourth-order valence-corrected chi connectivity index (χ4v) is 16.5. The van der Waals surface area contributed by atoms with Crippen LogP contribution in [0.1, 0.15) is 0 Å². The van der Waals surface area contributed by atoms with Gasteiger partial charge < -0.3 is 17.8 Å². The van der Waals surface area contributed by atoms with Crippen molar-refractivity contribution < 1.29 is 13.3 Å². The lowest BCUT2D eigenvalue weighted by Gasteiger charge is -2.12. The van der Waals surface area contributed by atoms with Crippen LogP contribution >= 0.6 is 0 Å². The first-order valence-electron chi connectivity index (χ1n) is 36.9. The van der Waals surface area contributed by atoms with Gasteiger partial charge in [-0.1, -0.05) is 285 Å². The van der Waals surface area contributed by atoms with E-state index in [2.05, 4.69) is 326 Å². The van der Waals surface area contributed by atoms with Crippen LogP contribution in [0.2, 0.25) is 0 Å². The highest BCUT2D eigenvalue weighted by molar-refractivity contribution is 6.19. The van der Waals surface area contributed by atoms with E-state index >= 15 is 0 Å². The Bertz CT molecular complexity index is 7660. The first-order valence-corrected chi connectivity index (χ1v) is 36.9. The molecule has 110 heavy (non-hydrogen) atoms. The summed E-state index contributed by atoms with van der Waals surface area (Å²) in [6.07, 6.45) is 0. The van der Waals surface area contributed by atoms with Crippen LogP contribution in [0.4, 0.5) is 0 Å². The Morgan fingerprint density at radius 1 is 0.182 bits per heavy atom. The normalized spacial score (nSPS) is 11.8. The van der Waals surface area contributed by atoms with E-state index in [1.807, 2.05) is 36.4 Å². The van der Waals surface area contributed by atoms with Crippen molar-refractivity contribution in [3.8, 4) is 96.3 Å². The number of fused-ring (bicyclic) bond motifs is 16. The van der Waals surface area contributed by atoms with E-state index in [1.54, 1.807) is 0 Å². The number of furan rings is 3. The minimum Gasteiger partial charge on any atom is -0.456 e. The third-order valence-electron chi connectivity index (χ3n) is 21.6. The average Bonchev–Trinajstić information content (AvgIpc) is 1.58. The minimum absolute atomic E-state index is 0.594. The molecular formula is C100H59N7O3. The van der Waals surface area contributed by atoms with E-state index < -0.39 is 0 Å². The number of benzene rings is 17. The second kappa shape index (κ2) is 25.4. The molecule has 10 nitrogen and oxygen atoms in total. The Kier molecular flexibility index (Phi) is 14.4. The monoisotopic (exact) mass is 1410 g/mol. The zero-order valence-electron chi connectivity index (χ0n) is 58.9. The summed E-state index contributed by atoms with van der Waals surface area (Å²) in [6, 6.07) is 124. The molecule has 10 heteroatoms. The van der Waals surface area contributed by atoms with Crippen molar-refractivity contribution in [1.82, 2.24) is 34.5 Å². The molecule has 0 N–H and O–H groups in total. The van der Waals surface area contributed by atoms with Gasteiger partial charge in [-0.25, -0.2) is 29.9 Å². The zero-order chi connectivity index (χ0) is 72.3. The quantitative estimate of drug-likeness (QED) is 0.139. The molecule has 512 valence electrons. The zero-order valence-corrected chi connectivity index (χ0v) is 58.9. The van der Waals surface area contributed by atoms with E-state index in [-0.39, 0.29) is 0 Å². The molecule has 0 amide bonds. The molecule has 0 saturated carbocycles. The highest BCUT2D eigenvalue weighted by atomic mass is 16.3. The van der Waals surface area contributed by atoms with Gasteiger partial charge in [0.2, 0.25) is 0 Å². The van der Waals surface area contributed by atoms with Crippen molar-refractivity contribution >= 4 is 131 Å². The van der Waals surface area contributed by atoms with Crippen LogP contribution in [-0.4, -0.2) is 34.5 Å². The van der Waals surface area contributed by atoms with Crippen LogP contribution in [0.5, 0.6) is 0 Å². The lowest BCUT2D eigenvalue weighted by molar-refractivity contribution is 0.668. The summed E-state index contributed by atoms with van der Waals surface area (Å²) in [7, 11) is 0. The molecule has 17 aromatic carbocycles. The van der Waals surface area contributed by atoms with Crippen LogP contribution in [0, 0.1) is 0 Å². The van der Waals surface area contributed by atoms with Crippen LogP contribution in [0.3, 0.4) is 0 Å². The number of nitrogens with zero attached hydrogens (tertiary/aromatic N) is 7. The van der Waals surface area contributed by atoms with E-state index in [0.29, 0.717) is 34.9 Å². The van der Waals surface area contributed by atoms with Gasteiger partial charge in [0.1, 0.15) is 33.5 Å². The van der Waals surface area contributed by atoms with Crippen LogP contribution in [0.15, 0.2) is 371 Å².